The van der Waals surface area contributed by atoms with Crippen molar-refractivity contribution in [2.75, 3.05) is 18.6 Å². The van der Waals surface area contributed by atoms with Gasteiger partial charge in [0, 0.05) is 0 Å². The Hall–Kier alpha value is -1.32. The first kappa shape index (κ1) is 20.7. The van der Waals surface area contributed by atoms with Crippen LogP contribution in [0, 0.1) is 5.92 Å². The molecule has 0 unspecified atom stereocenters. The number of carboxylic acid groups (broad SMARTS) is 1. The molecule has 22 heavy (non-hydrogen) atoms. The lowest BCUT2D eigenvalue weighted by Crippen LogP contribution is -2.56. The van der Waals surface area contributed by atoms with E-state index in [1.165, 1.54) is 11.8 Å². The summed E-state index contributed by atoms with van der Waals surface area (Å²) in [5, 5.41) is 22.9. The van der Waals surface area contributed by atoms with E-state index in [0.29, 0.717) is 12.2 Å². The number of aliphatic carboxylic acids is 1. The monoisotopic (exact) mass is 335 g/mol. The number of thioether (sulfide) groups is 1. The summed E-state index contributed by atoms with van der Waals surface area (Å²) in [5.41, 5.74) is 5.67. The van der Waals surface area contributed by atoms with Gasteiger partial charge in [0.2, 0.25) is 11.8 Å². The summed E-state index contributed by atoms with van der Waals surface area (Å²) in [4.78, 5) is 34.8. The first-order valence-electron chi connectivity index (χ1n) is 6.93. The highest BCUT2D eigenvalue weighted by atomic mass is 32.2. The number of rotatable bonds is 10. The average molecular weight is 335 g/mol. The number of carboxylic acids is 1. The second-order valence-corrected chi connectivity index (χ2v) is 6.19. The quantitative estimate of drug-likeness (QED) is 0.336. The molecular weight excluding hydrogens is 310 g/mol. The van der Waals surface area contributed by atoms with Crippen molar-refractivity contribution < 1.29 is 24.6 Å². The summed E-state index contributed by atoms with van der Waals surface area (Å²) in [5.74, 6) is -2.13. The number of hydrogen-bond donors (Lipinski definition) is 5. The Morgan fingerprint density at radius 2 is 1.77 bits per heavy atom. The van der Waals surface area contributed by atoms with Gasteiger partial charge in [-0.2, -0.15) is 11.8 Å². The Morgan fingerprint density at radius 3 is 2.18 bits per heavy atom. The number of hydrogen-bond acceptors (Lipinski definition) is 6. The standard InChI is InChI=1S/C13H25N3O5S/c1-7(2)10(13(20)21)16-12(19)9(6-17)15-11(18)8(14)4-5-22-3/h7-10,17H,4-6,14H2,1-3H3,(H,15,18)(H,16,19)(H,20,21)/t8-,9-,10-/m0/s1. The van der Waals surface area contributed by atoms with Crippen LogP contribution >= 0.6 is 11.8 Å². The van der Waals surface area contributed by atoms with Gasteiger partial charge in [-0.25, -0.2) is 4.79 Å². The highest BCUT2D eigenvalue weighted by molar-refractivity contribution is 7.98. The molecule has 3 atom stereocenters. The largest absolute Gasteiger partial charge is 0.480 e. The van der Waals surface area contributed by atoms with Gasteiger partial charge in [0.05, 0.1) is 12.6 Å². The van der Waals surface area contributed by atoms with Crippen molar-refractivity contribution in [3.05, 3.63) is 0 Å². The molecule has 0 spiro atoms. The first-order valence-corrected chi connectivity index (χ1v) is 8.32. The zero-order valence-electron chi connectivity index (χ0n) is 13.0. The number of aliphatic hydroxyl groups excluding tert-OH is 1. The summed E-state index contributed by atoms with van der Waals surface area (Å²) in [6.07, 6.45) is 2.32. The van der Waals surface area contributed by atoms with Crippen molar-refractivity contribution in [1.82, 2.24) is 10.6 Å². The molecule has 9 heteroatoms. The van der Waals surface area contributed by atoms with E-state index >= 15 is 0 Å². The van der Waals surface area contributed by atoms with E-state index in [-0.39, 0.29) is 5.92 Å². The van der Waals surface area contributed by atoms with Crippen LogP contribution in [0.4, 0.5) is 0 Å². The highest BCUT2D eigenvalue weighted by Crippen LogP contribution is 2.03. The fraction of sp³-hybridized carbons (Fsp3) is 0.769. The van der Waals surface area contributed by atoms with Crippen molar-refractivity contribution in [1.29, 1.82) is 0 Å². The average Bonchev–Trinajstić information content (AvgIpc) is 2.46. The van der Waals surface area contributed by atoms with Crippen molar-refractivity contribution in [3.63, 3.8) is 0 Å². The minimum Gasteiger partial charge on any atom is -0.480 e. The second-order valence-electron chi connectivity index (χ2n) is 5.20. The predicted molar refractivity (Wildman–Crippen MR) is 84.4 cm³/mol. The Kier molecular flexibility index (Phi) is 9.79. The van der Waals surface area contributed by atoms with Crippen LogP contribution in [0.2, 0.25) is 0 Å². The Labute approximate surface area is 134 Å². The van der Waals surface area contributed by atoms with Crippen molar-refractivity contribution in [2.45, 2.75) is 38.4 Å². The van der Waals surface area contributed by atoms with E-state index in [4.69, 9.17) is 10.8 Å². The van der Waals surface area contributed by atoms with E-state index in [1.54, 1.807) is 13.8 Å². The number of carbonyl (C=O) groups is 3. The molecule has 2 amide bonds. The van der Waals surface area contributed by atoms with Crippen molar-refractivity contribution in [3.8, 4) is 0 Å². The van der Waals surface area contributed by atoms with Crippen LogP contribution in [0.15, 0.2) is 0 Å². The minimum absolute atomic E-state index is 0.333. The molecule has 6 N–H and O–H groups in total. The fourth-order valence-electron chi connectivity index (χ4n) is 1.62. The zero-order valence-corrected chi connectivity index (χ0v) is 13.9. The second kappa shape index (κ2) is 10.4. The van der Waals surface area contributed by atoms with Crippen LogP contribution in [-0.2, 0) is 14.4 Å². The van der Waals surface area contributed by atoms with Crippen LogP contribution in [0.5, 0.6) is 0 Å². The predicted octanol–water partition coefficient (Wildman–Crippen LogP) is -1.23. The Morgan fingerprint density at radius 1 is 1.18 bits per heavy atom. The summed E-state index contributed by atoms with van der Waals surface area (Å²) < 4.78 is 0. The maximum Gasteiger partial charge on any atom is 0.326 e. The topological polar surface area (TPSA) is 142 Å². The molecule has 0 aromatic carbocycles. The van der Waals surface area contributed by atoms with Crippen LogP contribution < -0.4 is 16.4 Å². The van der Waals surface area contributed by atoms with Crippen LogP contribution in [0.25, 0.3) is 0 Å². The molecule has 0 aliphatic carbocycles. The lowest BCUT2D eigenvalue weighted by atomic mass is 10.0. The molecule has 0 aliphatic heterocycles. The zero-order chi connectivity index (χ0) is 17.3. The van der Waals surface area contributed by atoms with Crippen LogP contribution in [0.3, 0.4) is 0 Å². The number of nitrogens with one attached hydrogen (secondary N) is 2. The van der Waals surface area contributed by atoms with E-state index < -0.39 is 42.5 Å². The smallest absolute Gasteiger partial charge is 0.326 e. The molecule has 0 aromatic rings. The summed E-state index contributed by atoms with van der Waals surface area (Å²) in [7, 11) is 0. The third-order valence-electron chi connectivity index (χ3n) is 3.02. The van der Waals surface area contributed by atoms with Crippen molar-refractivity contribution >= 4 is 29.5 Å². The molecule has 0 aromatic heterocycles. The molecule has 0 saturated carbocycles. The van der Waals surface area contributed by atoms with Gasteiger partial charge >= 0.3 is 5.97 Å². The first-order chi connectivity index (χ1) is 10.2. The Balaban J connectivity index is 4.65. The third-order valence-corrected chi connectivity index (χ3v) is 3.66. The molecule has 0 rings (SSSR count). The van der Waals surface area contributed by atoms with E-state index in [2.05, 4.69) is 10.6 Å². The normalized spacial score (nSPS) is 15.0. The lowest BCUT2D eigenvalue weighted by Gasteiger charge is -2.23. The highest BCUT2D eigenvalue weighted by Gasteiger charge is 2.28. The van der Waals surface area contributed by atoms with Gasteiger partial charge in [-0.05, 0) is 24.3 Å². The lowest BCUT2D eigenvalue weighted by molar-refractivity contribution is -0.143. The summed E-state index contributed by atoms with van der Waals surface area (Å²) in [6, 6.07) is -3.10. The Bertz CT molecular complexity index is 392. The van der Waals surface area contributed by atoms with Gasteiger partial charge in [0.1, 0.15) is 12.1 Å². The van der Waals surface area contributed by atoms with E-state index in [1.807, 2.05) is 6.26 Å². The number of nitrogens with two attached hydrogens (primary N) is 1. The van der Waals surface area contributed by atoms with E-state index in [0.717, 1.165) is 0 Å². The molecule has 0 fully saturated rings. The molecular formula is C13H25N3O5S. The van der Waals surface area contributed by atoms with Gasteiger partial charge in [0.25, 0.3) is 0 Å². The summed E-state index contributed by atoms with van der Waals surface area (Å²) in [6.45, 7) is 2.64. The molecule has 0 bridgehead atoms. The summed E-state index contributed by atoms with van der Waals surface area (Å²) >= 11 is 1.54. The maximum absolute atomic E-state index is 12.0. The molecule has 0 saturated heterocycles. The van der Waals surface area contributed by atoms with Gasteiger partial charge in [0.15, 0.2) is 0 Å². The van der Waals surface area contributed by atoms with Crippen molar-refractivity contribution in [2.24, 2.45) is 11.7 Å². The number of aliphatic hydroxyl groups is 1. The molecule has 0 radical (unpaired) electrons. The fourth-order valence-corrected chi connectivity index (χ4v) is 2.11. The third kappa shape index (κ3) is 7.10. The molecule has 8 nitrogen and oxygen atoms in total. The molecule has 0 aliphatic rings. The van der Waals surface area contributed by atoms with Crippen LogP contribution in [0.1, 0.15) is 20.3 Å². The van der Waals surface area contributed by atoms with Gasteiger partial charge < -0.3 is 26.6 Å². The van der Waals surface area contributed by atoms with Gasteiger partial charge in [-0.15, -0.1) is 0 Å². The number of amides is 2. The SMILES string of the molecule is CSCC[C@H](N)C(=O)N[C@@H](CO)C(=O)N[C@H](C(=O)O)C(C)C. The molecule has 128 valence electrons. The molecule has 0 heterocycles. The minimum atomic E-state index is -1.23. The van der Waals surface area contributed by atoms with E-state index in [9.17, 15) is 19.5 Å². The number of carbonyl (C=O) groups excluding carboxylic acids is 2. The van der Waals surface area contributed by atoms with Gasteiger partial charge in [-0.1, -0.05) is 13.8 Å². The van der Waals surface area contributed by atoms with Crippen LogP contribution in [-0.4, -0.2) is 64.7 Å². The maximum atomic E-state index is 12.0. The van der Waals surface area contributed by atoms with Gasteiger partial charge in [-0.3, -0.25) is 9.59 Å².